The van der Waals surface area contributed by atoms with Gasteiger partial charge in [-0.25, -0.2) is 13.3 Å². The molecule has 1 aromatic carbocycles. The molecule has 2 atom stereocenters. The van der Waals surface area contributed by atoms with E-state index >= 15 is 0 Å². The molecule has 1 spiro atoms. The molecular formula is C18H27FN2OS. The highest BCUT2D eigenvalue weighted by molar-refractivity contribution is 7.84. The standard InChI is InChI=1S/C18H27FN2OS/c1-17(2,3)23(22)21-16-15-10-13(12-19)4-5-14(15)11-18(16)6-8-20-9-7-18/h4-5,10,16,20-21H,6-9,11-12H2,1-3H3/t16?,23-/m0/s1. The molecule has 1 saturated heterocycles. The van der Waals surface area contributed by atoms with E-state index < -0.39 is 17.7 Å². The number of rotatable bonds is 3. The average Bonchev–Trinajstić information content (AvgIpc) is 2.79. The summed E-state index contributed by atoms with van der Waals surface area (Å²) in [5.74, 6) is 0. The summed E-state index contributed by atoms with van der Waals surface area (Å²) in [5, 5.41) is 3.43. The molecule has 1 aliphatic heterocycles. The van der Waals surface area contributed by atoms with E-state index in [1.165, 1.54) is 5.56 Å². The second kappa shape index (κ2) is 6.26. The minimum Gasteiger partial charge on any atom is -0.317 e. The van der Waals surface area contributed by atoms with Gasteiger partial charge in [0.2, 0.25) is 0 Å². The number of benzene rings is 1. The van der Waals surface area contributed by atoms with Crippen molar-refractivity contribution < 1.29 is 8.60 Å². The monoisotopic (exact) mass is 338 g/mol. The number of alkyl halides is 1. The molecule has 0 aromatic heterocycles. The van der Waals surface area contributed by atoms with Crippen LogP contribution in [0.5, 0.6) is 0 Å². The predicted octanol–water partition coefficient (Wildman–Crippen LogP) is 3.17. The van der Waals surface area contributed by atoms with Crippen molar-refractivity contribution in [3.63, 3.8) is 0 Å². The lowest BCUT2D eigenvalue weighted by Gasteiger charge is -2.40. The third kappa shape index (κ3) is 3.24. The highest BCUT2D eigenvalue weighted by Gasteiger charge is 2.47. The summed E-state index contributed by atoms with van der Waals surface area (Å²) in [6, 6.07) is 5.97. The van der Waals surface area contributed by atoms with Crippen molar-refractivity contribution in [2.24, 2.45) is 5.41 Å². The molecule has 1 aromatic rings. The first-order valence-corrected chi connectivity index (χ1v) is 9.57. The second-order valence-corrected chi connectivity index (χ2v) is 9.89. The first-order valence-electron chi connectivity index (χ1n) is 8.42. The Hall–Kier alpha value is -0.780. The number of halogens is 1. The largest absolute Gasteiger partial charge is 0.317 e. The van der Waals surface area contributed by atoms with Crippen LogP contribution in [0.15, 0.2) is 18.2 Å². The second-order valence-electron chi connectivity index (χ2n) is 7.89. The summed E-state index contributed by atoms with van der Waals surface area (Å²) < 4.78 is 28.9. The maximum absolute atomic E-state index is 13.1. The molecule has 3 nitrogen and oxygen atoms in total. The minimum absolute atomic E-state index is 0.0474. The summed E-state index contributed by atoms with van der Waals surface area (Å²) in [5.41, 5.74) is 3.25. The lowest BCUT2D eigenvalue weighted by atomic mass is 9.73. The van der Waals surface area contributed by atoms with Gasteiger partial charge in [0.05, 0.1) is 21.8 Å². The van der Waals surface area contributed by atoms with Crippen molar-refractivity contribution in [1.29, 1.82) is 0 Å². The van der Waals surface area contributed by atoms with E-state index in [4.69, 9.17) is 0 Å². The third-order valence-corrected chi connectivity index (χ3v) is 6.77. The zero-order chi connectivity index (χ0) is 16.7. The average molecular weight is 338 g/mol. The van der Waals surface area contributed by atoms with Gasteiger partial charge in [-0.3, -0.25) is 0 Å². The maximum atomic E-state index is 13.1. The van der Waals surface area contributed by atoms with Crippen LogP contribution in [0.1, 0.15) is 56.3 Å². The van der Waals surface area contributed by atoms with Crippen LogP contribution in [0, 0.1) is 5.41 Å². The van der Waals surface area contributed by atoms with Gasteiger partial charge in [0.1, 0.15) is 6.67 Å². The van der Waals surface area contributed by atoms with Gasteiger partial charge in [-0.1, -0.05) is 18.2 Å². The molecule has 3 rings (SSSR count). The highest BCUT2D eigenvalue weighted by atomic mass is 32.2. The Kier molecular flexibility index (Phi) is 4.64. The molecule has 0 saturated carbocycles. The van der Waals surface area contributed by atoms with Gasteiger partial charge >= 0.3 is 0 Å². The molecule has 0 bridgehead atoms. The Morgan fingerprint density at radius 1 is 1.35 bits per heavy atom. The molecule has 5 heteroatoms. The summed E-state index contributed by atoms with van der Waals surface area (Å²) in [4.78, 5) is 0. The Labute approximate surface area is 141 Å². The number of piperidine rings is 1. The van der Waals surface area contributed by atoms with E-state index in [1.807, 2.05) is 32.9 Å². The highest BCUT2D eigenvalue weighted by Crippen LogP contribution is 2.51. The molecule has 23 heavy (non-hydrogen) atoms. The fourth-order valence-electron chi connectivity index (χ4n) is 3.83. The first-order chi connectivity index (χ1) is 10.9. The van der Waals surface area contributed by atoms with Crippen LogP contribution in [0.2, 0.25) is 0 Å². The van der Waals surface area contributed by atoms with Crippen LogP contribution in [-0.2, 0) is 24.1 Å². The Balaban J connectivity index is 1.98. The van der Waals surface area contributed by atoms with E-state index in [2.05, 4.69) is 16.1 Å². The van der Waals surface area contributed by atoms with Gasteiger partial charge in [0.15, 0.2) is 0 Å². The quantitative estimate of drug-likeness (QED) is 0.889. The Morgan fingerprint density at radius 2 is 2.04 bits per heavy atom. The molecule has 1 unspecified atom stereocenters. The SMILES string of the molecule is CC(C)(C)[S@](=O)NC1c2cc(CF)ccc2CC12CCNCC2. The molecular weight excluding hydrogens is 311 g/mol. The first kappa shape index (κ1) is 17.1. The number of nitrogens with one attached hydrogen (secondary N) is 2. The van der Waals surface area contributed by atoms with Gasteiger partial charge in [-0.2, -0.15) is 0 Å². The molecule has 1 aliphatic carbocycles. The van der Waals surface area contributed by atoms with Crippen LogP contribution in [0.3, 0.4) is 0 Å². The van der Waals surface area contributed by atoms with Crippen molar-refractivity contribution in [3.8, 4) is 0 Å². The van der Waals surface area contributed by atoms with Gasteiger partial charge in [0.25, 0.3) is 0 Å². The molecule has 0 amide bonds. The van der Waals surface area contributed by atoms with E-state index in [9.17, 15) is 8.60 Å². The molecule has 1 fully saturated rings. The van der Waals surface area contributed by atoms with Crippen molar-refractivity contribution in [2.45, 2.75) is 57.5 Å². The van der Waals surface area contributed by atoms with Crippen molar-refractivity contribution >= 4 is 11.0 Å². The molecule has 0 radical (unpaired) electrons. The fraction of sp³-hybridized carbons (Fsp3) is 0.667. The molecule has 2 N–H and O–H groups in total. The van der Waals surface area contributed by atoms with Crippen molar-refractivity contribution in [1.82, 2.24) is 10.0 Å². The predicted molar refractivity (Wildman–Crippen MR) is 93.3 cm³/mol. The van der Waals surface area contributed by atoms with E-state index in [0.717, 1.165) is 37.9 Å². The third-order valence-electron chi connectivity index (χ3n) is 5.21. The number of fused-ring (bicyclic) bond motifs is 1. The molecule has 1 heterocycles. The van der Waals surface area contributed by atoms with Crippen molar-refractivity contribution in [2.75, 3.05) is 13.1 Å². The number of hydrogen-bond donors (Lipinski definition) is 2. The Morgan fingerprint density at radius 3 is 2.65 bits per heavy atom. The molecule has 128 valence electrons. The Bertz CT molecular complexity index is 606. The topological polar surface area (TPSA) is 41.1 Å². The van der Waals surface area contributed by atoms with E-state index in [1.54, 1.807) is 0 Å². The van der Waals surface area contributed by atoms with E-state index in [0.29, 0.717) is 5.56 Å². The normalized spacial score (nSPS) is 24.6. The summed E-state index contributed by atoms with van der Waals surface area (Å²) in [6.07, 6.45) is 3.12. The fourth-order valence-corrected chi connectivity index (χ4v) is 4.78. The number of hydrogen-bond acceptors (Lipinski definition) is 2. The van der Waals surface area contributed by atoms with Gasteiger partial charge in [-0.15, -0.1) is 0 Å². The van der Waals surface area contributed by atoms with Crippen molar-refractivity contribution in [3.05, 3.63) is 34.9 Å². The van der Waals surface area contributed by atoms with Crippen LogP contribution in [0.4, 0.5) is 4.39 Å². The van der Waals surface area contributed by atoms with E-state index in [-0.39, 0.29) is 16.2 Å². The van der Waals surface area contributed by atoms with Crippen LogP contribution in [-0.4, -0.2) is 22.0 Å². The van der Waals surface area contributed by atoms with Crippen LogP contribution < -0.4 is 10.0 Å². The van der Waals surface area contributed by atoms with Gasteiger partial charge in [0, 0.05) is 0 Å². The molecule has 2 aliphatic rings. The summed E-state index contributed by atoms with van der Waals surface area (Å²) >= 11 is 0. The lowest BCUT2D eigenvalue weighted by Crippen LogP contribution is -2.46. The lowest BCUT2D eigenvalue weighted by molar-refractivity contribution is 0.164. The van der Waals surface area contributed by atoms with Gasteiger partial charge in [-0.05, 0) is 75.2 Å². The summed E-state index contributed by atoms with van der Waals surface area (Å²) in [6.45, 7) is 7.49. The zero-order valence-corrected chi connectivity index (χ0v) is 15.1. The van der Waals surface area contributed by atoms with Gasteiger partial charge < -0.3 is 5.32 Å². The van der Waals surface area contributed by atoms with Crippen LogP contribution in [0.25, 0.3) is 0 Å². The van der Waals surface area contributed by atoms with Crippen LogP contribution >= 0.6 is 0 Å². The summed E-state index contributed by atoms with van der Waals surface area (Å²) in [7, 11) is -1.13. The maximum Gasteiger partial charge on any atom is 0.115 e. The smallest absolute Gasteiger partial charge is 0.115 e. The minimum atomic E-state index is -1.13. The zero-order valence-electron chi connectivity index (χ0n) is 14.2.